The summed E-state index contributed by atoms with van der Waals surface area (Å²) in [5.41, 5.74) is 5.74. The van der Waals surface area contributed by atoms with Gasteiger partial charge in [-0.3, -0.25) is 19.5 Å². The van der Waals surface area contributed by atoms with Gasteiger partial charge in [-0.1, -0.05) is 87.3 Å². The molecule has 1 aliphatic carbocycles. The zero-order chi connectivity index (χ0) is 39.8. The number of aryl methyl sites for hydroxylation is 1. The number of hydrogen-bond acceptors (Lipinski definition) is 6. The SMILES string of the molecule is CC(C)(C)c1cc(C=N[C@H]2CCCC[C@@H]2N=Cc2cc(C(C)(C)C)cc(C(C)(C)C)c2O)c(O)c(CCCN2CCC[N+]3=C2CCCCC3)c1.O=C(O)O.[Co]. The van der Waals surface area contributed by atoms with Crippen molar-refractivity contribution < 1.29 is 46.6 Å². The van der Waals surface area contributed by atoms with Crippen molar-refractivity contribution in [1.82, 2.24) is 4.90 Å². The normalized spacial score (nSPS) is 19.8. The summed E-state index contributed by atoms with van der Waals surface area (Å²) >= 11 is 0. The summed E-state index contributed by atoms with van der Waals surface area (Å²) in [6.07, 6.45) is 14.4. The molecule has 0 aromatic heterocycles. The molecule has 2 heterocycles. The first kappa shape index (κ1) is 46.0. The van der Waals surface area contributed by atoms with E-state index in [1.165, 1.54) is 56.3 Å². The zero-order valence-electron chi connectivity index (χ0n) is 35.0. The molecule has 2 aliphatic heterocycles. The van der Waals surface area contributed by atoms with Crippen LogP contribution >= 0.6 is 0 Å². The van der Waals surface area contributed by atoms with E-state index in [0.717, 1.165) is 73.9 Å². The van der Waals surface area contributed by atoms with E-state index in [0.29, 0.717) is 11.5 Å². The van der Waals surface area contributed by atoms with Crippen LogP contribution in [0.2, 0.25) is 0 Å². The van der Waals surface area contributed by atoms with Gasteiger partial charge in [0.1, 0.15) is 11.5 Å². The summed E-state index contributed by atoms with van der Waals surface area (Å²) in [5, 5.41) is 36.9. The molecule has 2 atom stereocenters. The third kappa shape index (κ3) is 13.1. The molecule has 1 fully saturated rings. The smallest absolute Gasteiger partial charge is 0.503 e. The molecular weight excluding hydrogens is 735 g/mol. The molecule has 10 heteroatoms. The van der Waals surface area contributed by atoms with Crippen LogP contribution < -0.4 is 0 Å². The number of hydrogen-bond donors (Lipinski definition) is 4. The van der Waals surface area contributed by atoms with E-state index < -0.39 is 6.16 Å². The summed E-state index contributed by atoms with van der Waals surface area (Å²) in [5.74, 6) is 2.26. The van der Waals surface area contributed by atoms with Crippen molar-refractivity contribution in [1.29, 1.82) is 0 Å². The second kappa shape index (κ2) is 19.7. The van der Waals surface area contributed by atoms with Gasteiger partial charge in [0, 0.05) is 58.7 Å². The number of aliphatic imine (C=N–C) groups is 2. The van der Waals surface area contributed by atoms with E-state index in [4.69, 9.17) is 25.0 Å². The van der Waals surface area contributed by atoms with Crippen LogP contribution in [0.1, 0.15) is 160 Å². The Labute approximate surface area is 341 Å². The van der Waals surface area contributed by atoms with Crippen LogP contribution in [0.5, 0.6) is 11.5 Å². The molecule has 0 unspecified atom stereocenters. The molecule has 1 radical (unpaired) electrons. The molecule has 9 nitrogen and oxygen atoms in total. The zero-order valence-corrected chi connectivity index (χ0v) is 36.1. The van der Waals surface area contributed by atoms with Gasteiger partial charge in [-0.25, -0.2) is 4.79 Å². The third-order valence-corrected chi connectivity index (χ3v) is 11.2. The fraction of sp³-hybridized carbons (Fsp3) is 0.644. The number of aromatic hydroxyl groups is 2. The third-order valence-electron chi connectivity index (χ3n) is 11.2. The fourth-order valence-corrected chi connectivity index (χ4v) is 7.92. The molecule has 0 spiro atoms. The first-order chi connectivity index (χ1) is 25.3. The van der Waals surface area contributed by atoms with Crippen molar-refractivity contribution in [3.63, 3.8) is 0 Å². The summed E-state index contributed by atoms with van der Waals surface area (Å²) < 4.78 is 2.64. The molecule has 2 aromatic carbocycles. The Morgan fingerprint density at radius 1 is 0.745 bits per heavy atom. The van der Waals surface area contributed by atoms with Crippen molar-refractivity contribution in [3.8, 4) is 11.5 Å². The fourth-order valence-electron chi connectivity index (χ4n) is 7.92. The van der Waals surface area contributed by atoms with Gasteiger partial charge in [-0.15, -0.1) is 0 Å². The molecule has 307 valence electrons. The molecule has 4 N–H and O–H groups in total. The molecule has 5 rings (SSSR count). The van der Waals surface area contributed by atoms with E-state index in [-0.39, 0.29) is 45.1 Å². The average molecular weight is 805 g/mol. The number of phenols is 2. The predicted octanol–water partition coefficient (Wildman–Crippen LogP) is 9.68. The molecule has 3 aliphatic rings. The Balaban J connectivity index is 0.00000155. The summed E-state index contributed by atoms with van der Waals surface area (Å²) in [6, 6.07) is 8.69. The van der Waals surface area contributed by atoms with Crippen molar-refractivity contribution in [3.05, 3.63) is 57.6 Å². The van der Waals surface area contributed by atoms with Crippen LogP contribution in [-0.4, -0.2) is 92.6 Å². The number of carboxylic acid groups (broad SMARTS) is 2. The number of benzene rings is 2. The Morgan fingerprint density at radius 2 is 1.27 bits per heavy atom. The summed E-state index contributed by atoms with van der Waals surface area (Å²) in [4.78, 5) is 21.4. The van der Waals surface area contributed by atoms with Gasteiger partial charge in [-0.05, 0) is 90.0 Å². The largest absolute Gasteiger partial charge is 0.507 e. The Morgan fingerprint density at radius 3 is 1.82 bits per heavy atom. The van der Waals surface area contributed by atoms with Gasteiger partial charge in [0.05, 0.1) is 38.3 Å². The second-order valence-electron chi connectivity index (χ2n) is 18.7. The van der Waals surface area contributed by atoms with Crippen molar-refractivity contribution in [2.45, 2.75) is 161 Å². The van der Waals surface area contributed by atoms with Gasteiger partial charge in [0.25, 0.3) is 0 Å². The van der Waals surface area contributed by atoms with Crippen LogP contribution in [0.3, 0.4) is 0 Å². The number of nitrogens with zero attached hydrogens (tertiary/aromatic N) is 4. The number of phenolic OH excluding ortho intramolecular Hbond substituents is 2. The quantitative estimate of drug-likeness (QED) is 0.155. The van der Waals surface area contributed by atoms with E-state index in [1.54, 1.807) is 5.84 Å². The maximum absolute atomic E-state index is 11.6. The molecular formula is C45H69CoN4O5+. The Kier molecular flexibility index (Phi) is 16.5. The summed E-state index contributed by atoms with van der Waals surface area (Å²) in [7, 11) is 0. The van der Waals surface area contributed by atoms with E-state index in [9.17, 15) is 10.2 Å². The molecule has 0 bridgehead atoms. The standard InChI is InChI=1S/C44H66N4O2.CH2O3.Co/c1-42(2,3)34-25-31(17-15-22-48-24-16-23-47-21-14-10-11-20-39(47)48)40(49)32(26-34)29-45-37-18-12-13-19-38(37)46-30-33-27-35(43(4,5)6)28-36(41(33)50)44(7,8)9;2-1(3)4;/h25-30,37-38H,10-24H2,1-9H3,(H-,45,46,49,50);(H2,2,3,4);/p+1/t37-,38-;;/m0../s1. The monoisotopic (exact) mass is 804 g/mol. The summed E-state index contributed by atoms with van der Waals surface area (Å²) in [6.45, 7) is 24.4. The molecule has 0 saturated heterocycles. The van der Waals surface area contributed by atoms with E-state index >= 15 is 0 Å². The van der Waals surface area contributed by atoms with Gasteiger partial charge in [0.15, 0.2) is 0 Å². The predicted molar refractivity (Wildman–Crippen MR) is 222 cm³/mol. The molecule has 2 aromatic rings. The maximum atomic E-state index is 11.6. The van der Waals surface area contributed by atoms with E-state index in [1.807, 2.05) is 12.4 Å². The minimum atomic E-state index is -1.83. The molecule has 55 heavy (non-hydrogen) atoms. The second-order valence-corrected chi connectivity index (χ2v) is 18.7. The number of carbonyl (C=O) groups is 1. The first-order valence-electron chi connectivity index (χ1n) is 20.3. The Hall–Kier alpha value is -3.37. The topological polar surface area (TPSA) is 129 Å². The van der Waals surface area contributed by atoms with Gasteiger partial charge in [-0.2, -0.15) is 0 Å². The minimum absolute atomic E-state index is 0. The molecule has 1 saturated carbocycles. The van der Waals surface area contributed by atoms with Crippen LogP contribution in [0, 0.1) is 0 Å². The Bertz CT molecular complexity index is 1690. The number of amidine groups is 1. The maximum Gasteiger partial charge on any atom is 0.503 e. The van der Waals surface area contributed by atoms with Crippen molar-refractivity contribution in [2.75, 3.05) is 26.2 Å². The average Bonchev–Trinajstić information content (AvgIpc) is 3.33. The van der Waals surface area contributed by atoms with Gasteiger partial charge < -0.3 is 20.4 Å². The number of rotatable bonds is 8. The first-order valence-corrected chi connectivity index (χ1v) is 20.3. The van der Waals surface area contributed by atoms with Gasteiger partial charge >= 0.3 is 6.16 Å². The van der Waals surface area contributed by atoms with Crippen molar-refractivity contribution >= 4 is 24.4 Å². The van der Waals surface area contributed by atoms with Crippen LogP contribution in [0.25, 0.3) is 0 Å². The van der Waals surface area contributed by atoms with Crippen LogP contribution in [-0.2, 0) is 39.4 Å². The minimum Gasteiger partial charge on any atom is -0.507 e. The van der Waals surface area contributed by atoms with Gasteiger partial charge in [0.2, 0.25) is 5.84 Å². The van der Waals surface area contributed by atoms with E-state index in [2.05, 4.69) is 96.1 Å². The van der Waals surface area contributed by atoms with Crippen LogP contribution in [0.15, 0.2) is 34.3 Å². The van der Waals surface area contributed by atoms with Crippen LogP contribution in [0.4, 0.5) is 4.79 Å². The van der Waals surface area contributed by atoms with Crippen molar-refractivity contribution in [2.24, 2.45) is 9.98 Å². The molecule has 0 amide bonds.